The van der Waals surface area contributed by atoms with Crippen LogP contribution >= 0.6 is 23.2 Å². The molecule has 5 heteroatoms. The zero-order valence-electron chi connectivity index (χ0n) is 12.0. The second-order valence-corrected chi connectivity index (χ2v) is 5.64. The van der Waals surface area contributed by atoms with Gasteiger partial charge in [-0.2, -0.15) is 0 Å². The second kappa shape index (κ2) is 6.65. The molecular weight excluding hydrogens is 312 g/mol. The summed E-state index contributed by atoms with van der Waals surface area (Å²) < 4.78 is 19.6. The third kappa shape index (κ3) is 3.67. The van der Waals surface area contributed by atoms with Gasteiger partial charge in [0, 0.05) is 17.7 Å². The topological polar surface area (TPSA) is 21.3 Å². The summed E-state index contributed by atoms with van der Waals surface area (Å²) >= 11 is 11.9. The van der Waals surface area contributed by atoms with Gasteiger partial charge in [-0.25, -0.2) is 4.39 Å². The van der Waals surface area contributed by atoms with Crippen molar-refractivity contribution in [1.82, 2.24) is 5.32 Å². The van der Waals surface area contributed by atoms with Gasteiger partial charge in [-0.1, -0.05) is 23.2 Å². The Bertz CT molecular complexity index is 661. The Morgan fingerprint density at radius 1 is 1.14 bits per heavy atom. The van der Waals surface area contributed by atoms with Crippen LogP contribution in [0.1, 0.15) is 24.1 Å². The van der Waals surface area contributed by atoms with Crippen molar-refractivity contribution in [2.45, 2.75) is 19.9 Å². The molecule has 0 heterocycles. The van der Waals surface area contributed by atoms with Crippen molar-refractivity contribution in [3.8, 4) is 11.5 Å². The van der Waals surface area contributed by atoms with Gasteiger partial charge in [0.2, 0.25) is 0 Å². The quantitative estimate of drug-likeness (QED) is 0.798. The van der Waals surface area contributed by atoms with Crippen LogP contribution in [-0.4, -0.2) is 7.05 Å². The summed E-state index contributed by atoms with van der Waals surface area (Å²) in [6, 6.07) is 8.15. The van der Waals surface area contributed by atoms with E-state index in [2.05, 4.69) is 5.32 Å². The predicted molar refractivity (Wildman–Crippen MR) is 85.1 cm³/mol. The van der Waals surface area contributed by atoms with E-state index in [-0.39, 0.29) is 11.9 Å². The zero-order chi connectivity index (χ0) is 15.6. The summed E-state index contributed by atoms with van der Waals surface area (Å²) in [6.07, 6.45) is 0. The molecule has 2 nitrogen and oxygen atoms in total. The highest BCUT2D eigenvalue weighted by Crippen LogP contribution is 2.34. The third-order valence-corrected chi connectivity index (χ3v) is 4.05. The fourth-order valence-corrected chi connectivity index (χ4v) is 2.21. The van der Waals surface area contributed by atoms with Crippen LogP contribution in [-0.2, 0) is 0 Å². The van der Waals surface area contributed by atoms with E-state index in [0.717, 1.165) is 5.56 Å². The molecule has 1 N–H and O–H groups in total. The smallest absolute Gasteiger partial charge is 0.132 e. The van der Waals surface area contributed by atoms with Crippen LogP contribution < -0.4 is 10.1 Å². The standard InChI is InChI=1S/C16H16Cl2FNO/c1-9-6-16(12(8-15(9)19)10(2)20-3)21-11-4-5-13(17)14(18)7-11/h4-8,10,20H,1-3H3. The van der Waals surface area contributed by atoms with Gasteiger partial charge >= 0.3 is 0 Å². The van der Waals surface area contributed by atoms with Crippen molar-refractivity contribution in [2.75, 3.05) is 7.05 Å². The van der Waals surface area contributed by atoms with Gasteiger partial charge in [-0.05, 0) is 50.7 Å². The first-order valence-corrected chi connectivity index (χ1v) is 7.28. The van der Waals surface area contributed by atoms with Gasteiger partial charge in [-0.15, -0.1) is 0 Å². The highest BCUT2D eigenvalue weighted by atomic mass is 35.5. The summed E-state index contributed by atoms with van der Waals surface area (Å²) in [4.78, 5) is 0. The summed E-state index contributed by atoms with van der Waals surface area (Å²) in [5.41, 5.74) is 1.27. The van der Waals surface area contributed by atoms with Gasteiger partial charge in [0.05, 0.1) is 10.0 Å². The molecule has 1 unspecified atom stereocenters. The van der Waals surface area contributed by atoms with E-state index in [1.54, 1.807) is 31.2 Å². The van der Waals surface area contributed by atoms with E-state index in [9.17, 15) is 4.39 Å². The highest BCUT2D eigenvalue weighted by Gasteiger charge is 2.14. The van der Waals surface area contributed by atoms with Crippen molar-refractivity contribution in [2.24, 2.45) is 0 Å². The van der Waals surface area contributed by atoms with Gasteiger partial charge in [0.1, 0.15) is 17.3 Å². The van der Waals surface area contributed by atoms with Crippen LogP contribution in [0.2, 0.25) is 10.0 Å². The lowest BCUT2D eigenvalue weighted by Crippen LogP contribution is -2.13. The summed E-state index contributed by atoms with van der Waals surface area (Å²) in [5, 5.41) is 3.96. The lowest BCUT2D eigenvalue weighted by atomic mass is 10.0. The molecule has 0 saturated carbocycles. The van der Waals surface area contributed by atoms with E-state index >= 15 is 0 Å². The minimum absolute atomic E-state index is 0.0436. The van der Waals surface area contributed by atoms with E-state index in [1.807, 2.05) is 14.0 Å². The molecule has 0 saturated heterocycles. The third-order valence-electron chi connectivity index (χ3n) is 3.31. The molecule has 0 aliphatic carbocycles. The van der Waals surface area contributed by atoms with Gasteiger partial charge in [0.25, 0.3) is 0 Å². The van der Waals surface area contributed by atoms with Crippen LogP contribution in [0.25, 0.3) is 0 Å². The van der Waals surface area contributed by atoms with Crippen LogP contribution in [0.15, 0.2) is 30.3 Å². The molecule has 0 aromatic heterocycles. The van der Waals surface area contributed by atoms with Crippen LogP contribution in [0, 0.1) is 12.7 Å². The van der Waals surface area contributed by atoms with Gasteiger partial charge in [-0.3, -0.25) is 0 Å². The Labute approximate surface area is 133 Å². The first-order valence-electron chi connectivity index (χ1n) is 6.52. The van der Waals surface area contributed by atoms with Crippen molar-refractivity contribution in [3.63, 3.8) is 0 Å². The summed E-state index contributed by atoms with van der Waals surface area (Å²) in [6.45, 7) is 3.64. The number of halogens is 3. The maximum absolute atomic E-state index is 13.8. The minimum Gasteiger partial charge on any atom is -0.457 e. The molecule has 0 spiro atoms. The van der Waals surface area contributed by atoms with E-state index in [0.29, 0.717) is 27.1 Å². The largest absolute Gasteiger partial charge is 0.457 e. The number of hydrogen-bond donors (Lipinski definition) is 1. The van der Waals surface area contributed by atoms with Crippen LogP contribution in [0.3, 0.4) is 0 Å². The van der Waals surface area contributed by atoms with Crippen molar-refractivity contribution in [3.05, 3.63) is 57.3 Å². The summed E-state index contributed by atoms with van der Waals surface area (Å²) in [7, 11) is 1.81. The van der Waals surface area contributed by atoms with Gasteiger partial charge < -0.3 is 10.1 Å². The first-order chi connectivity index (χ1) is 9.92. The van der Waals surface area contributed by atoms with Crippen molar-refractivity contribution in [1.29, 1.82) is 0 Å². The molecule has 1 atom stereocenters. The first kappa shape index (κ1) is 16.1. The van der Waals surface area contributed by atoms with Crippen LogP contribution in [0.5, 0.6) is 11.5 Å². The molecule has 2 rings (SSSR count). The Kier molecular flexibility index (Phi) is 5.09. The predicted octanol–water partition coefficient (Wildman–Crippen LogP) is 5.51. The Morgan fingerprint density at radius 3 is 2.48 bits per heavy atom. The maximum atomic E-state index is 13.8. The Hall–Kier alpha value is -1.29. The molecule has 112 valence electrons. The van der Waals surface area contributed by atoms with E-state index < -0.39 is 0 Å². The average Bonchev–Trinajstić information content (AvgIpc) is 2.45. The van der Waals surface area contributed by atoms with Crippen LogP contribution in [0.4, 0.5) is 4.39 Å². The van der Waals surface area contributed by atoms with E-state index in [4.69, 9.17) is 27.9 Å². The minimum atomic E-state index is -0.256. The molecule has 2 aromatic carbocycles. The second-order valence-electron chi connectivity index (χ2n) is 4.83. The molecule has 0 aliphatic rings. The lowest BCUT2D eigenvalue weighted by molar-refractivity contribution is 0.462. The number of benzene rings is 2. The number of aryl methyl sites for hydroxylation is 1. The molecule has 0 amide bonds. The Morgan fingerprint density at radius 2 is 1.86 bits per heavy atom. The SMILES string of the molecule is CNC(C)c1cc(F)c(C)cc1Oc1ccc(Cl)c(Cl)c1. The monoisotopic (exact) mass is 327 g/mol. The van der Waals surface area contributed by atoms with Gasteiger partial charge in [0.15, 0.2) is 0 Å². The molecule has 0 radical (unpaired) electrons. The number of ether oxygens (including phenoxy) is 1. The van der Waals surface area contributed by atoms with Crippen molar-refractivity contribution < 1.29 is 9.13 Å². The fourth-order valence-electron chi connectivity index (χ4n) is 1.92. The number of rotatable bonds is 4. The molecule has 0 bridgehead atoms. The fraction of sp³-hybridized carbons (Fsp3) is 0.250. The molecular formula is C16H16Cl2FNO. The molecule has 0 aliphatic heterocycles. The van der Waals surface area contributed by atoms with Crippen molar-refractivity contribution >= 4 is 23.2 Å². The molecule has 21 heavy (non-hydrogen) atoms. The average molecular weight is 328 g/mol. The highest BCUT2D eigenvalue weighted by molar-refractivity contribution is 6.42. The molecule has 2 aromatic rings. The molecule has 0 fully saturated rings. The summed E-state index contributed by atoms with van der Waals surface area (Å²) in [5.74, 6) is 0.891. The normalized spacial score (nSPS) is 12.3. The maximum Gasteiger partial charge on any atom is 0.132 e. The Balaban J connectivity index is 2.42. The number of hydrogen-bond acceptors (Lipinski definition) is 2. The zero-order valence-corrected chi connectivity index (χ0v) is 13.5. The van der Waals surface area contributed by atoms with E-state index in [1.165, 1.54) is 6.07 Å². The lowest BCUT2D eigenvalue weighted by Gasteiger charge is -2.17. The number of nitrogens with one attached hydrogen (secondary N) is 1.